The molecule has 0 rings (SSSR count). The highest BCUT2D eigenvalue weighted by Gasteiger charge is 2.19. The lowest BCUT2D eigenvalue weighted by molar-refractivity contribution is -0.167. The first-order chi connectivity index (χ1) is 40.5. The minimum absolute atomic E-state index is 0.101. The molecule has 0 aliphatic heterocycles. The van der Waals surface area contributed by atoms with Gasteiger partial charge in [0, 0.05) is 19.3 Å². The molecule has 0 aromatic rings. The molecule has 82 heavy (non-hydrogen) atoms. The molecule has 0 aromatic carbocycles. The van der Waals surface area contributed by atoms with Gasteiger partial charge in [0.2, 0.25) is 0 Å². The lowest BCUT2D eigenvalue weighted by atomic mass is 10.1. The van der Waals surface area contributed by atoms with Gasteiger partial charge in [-0.3, -0.25) is 14.4 Å². The zero-order chi connectivity index (χ0) is 59.2. The van der Waals surface area contributed by atoms with E-state index in [9.17, 15) is 14.4 Å². The molecular formula is C76H118O6. The van der Waals surface area contributed by atoms with E-state index < -0.39 is 6.10 Å². The molecule has 0 radical (unpaired) electrons. The molecule has 0 heterocycles. The monoisotopic (exact) mass is 1130 g/mol. The quantitative estimate of drug-likeness (QED) is 0.0261. The topological polar surface area (TPSA) is 78.9 Å². The first kappa shape index (κ1) is 76.5. The Bertz CT molecular complexity index is 1920. The van der Waals surface area contributed by atoms with Gasteiger partial charge in [0.25, 0.3) is 0 Å². The Balaban J connectivity index is 4.29. The molecule has 1 unspecified atom stereocenters. The Morgan fingerprint density at radius 2 is 0.476 bits per heavy atom. The summed E-state index contributed by atoms with van der Waals surface area (Å²) in [5, 5.41) is 0. The molecule has 0 N–H and O–H groups in total. The van der Waals surface area contributed by atoms with E-state index in [1.807, 2.05) is 0 Å². The van der Waals surface area contributed by atoms with Gasteiger partial charge in [-0.2, -0.15) is 0 Å². The lowest BCUT2D eigenvalue weighted by Crippen LogP contribution is -2.30. The highest BCUT2D eigenvalue weighted by atomic mass is 16.6. The maximum absolute atomic E-state index is 12.9. The number of hydrogen-bond donors (Lipinski definition) is 0. The zero-order valence-electron chi connectivity index (χ0n) is 52.4. The number of esters is 3. The number of allylic oxidation sites excluding steroid dienone is 30. The van der Waals surface area contributed by atoms with Crippen LogP contribution in [0.2, 0.25) is 0 Å². The van der Waals surface area contributed by atoms with Crippen molar-refractivity contribution in [3.8, 4) is 0 Å². The predicted octanol–water partition coefficient (Wildman–Crippen LogP) is 22.8. The van der Waals surface area contributed by atoms with Crippen molar-refractivity contribution in [2.75, 3.05) is 13.2 Å². The molecule has 0 aliphatic carbocycles. The molecule has 0 saturated carbocycles. The standard InChI is InChI=1S/C76H118O6/c1-4-7-10-13-16-19-21-23-25-27-29-31-32-33-34-35-36-37-38-39-40-41-42-43-44-46-47-49-51-53-55-57-60-63-66-69-75(78)81-72-73(71-80-74(77)68-65-62-59-18-15-12-9-6-3)82-76(79)70-67-64-61-58-56-54-52-50-48-45-30-28-26-24-22-20-17-14-11-8-5-2/h7-8,10-11,16-17,19-20,23-26,29-31,33-34,36-37,39-40,42-43,45-47,50-53,73H,4-6,9,12-15,18,21-22,27-28,32,35,38,41,44,48-49,54-72H2,1-3H3/b10-7-,11-8-,19-16-,20-17-,25-23-,26-24-,31-29-,34-33-,37-36-,40-39-,43-42-,45-30-,47-46-,52-50-,53-51-. The Morgan fingerprint density at radius 1 is 0.256 bits per heavy atom. The van der Waals surface area contributed by atoms with E-state index in [-0.39, 0.29) is 31.1 Å². The van der Waals surface area contributed by atoms with Gasteiger partial charge in [0.1, 0.15) is 13.2 Å². The van der Waals surface area contributed by atoms with Gasteiger partial charge in [-0.1, -0.05) is 280 Å². The van der Waals surface area contributed by atoms with Gasteiger partial charge in [0.15, 0.2) is 6.10 Å². The molecule has 458 valence electrons. The molecule has 0 saturated heterocycles. The molecule has 6 nitrogen and oxygen atoms in total. The van der Waals surface area contributed by atoms with Crippen LogP contribution in [-0.4, -0.2) is 37.2 Å². The number of rotatable bonds is 57. The summed E-state index contributed by atoms with van der Waals surface area (Å²) in [5.41, 5.74) is 0. The molecule has 0 bridgehead atoms. The van der Waals surface area contributed by atoms with E-state index in [1.165, 1.54) is 32.1 Å². The minimum atomic E-state index is -0.807. The molecule has 6 heteroatoms. The Hall–Kier alpha value is -5.49. The van der Waals surface area contributed by atoms with Crippen LogP contribution >= 0.6 is 0 Å². The number of ether oxygens (including phenoxy) is 3. The summed E-state index contributed by atoms with van der Waals surface area (Å²) in [6, 6.07) is 0. The molecule has 0 amide bonds. The Morgan fingerprint density at radius 3 is 0.744 bits per heavy atom. The Labute approximate surface area is 504 Å². The third-order valence-electron chi connectivity index (χ3n) is 13.2. The van der Waals surface area contributed by atoms with Crippen molar-refractivity contribution in [1.29, 1.82) is 0 Å². The molecule has 0 fully saturated rings. The van der Waals surface area contributed by atoms with Crippen LogP contribution < -0.4 is 0 Å². The van der Waals surface area contributed by atoms with Crippen molar-refractivity contribution in [3.63, 3.8) is 0 Å². The average Bonchev–Trinajstić information content (AvgIpc) is 3.47. The summed E-state index contributed by atoms with van der Waals surface area (Å²) < 4.78 is 16.8. The van der Waals surface area contributed by atoms with Crippen LogP contribution in [0, 0.1) is 0 Å². The first-order valence-corrected chi connectivity index (χ1v) is 32.8. The van der Waals surface area contributed by atoms with Crippen LogP contribution in [0.4, 0.5) is 0 Å². The molecule has 0 aliphatic rings. The van der Waals surface area contributed by atoms with E-state index in [2.05, 4.69) is 203 Å². The largest absolute Gasteiger partial charge is 0.462 e. The molecule has 0 aromatic heterocycles. The van der Waals surface area contributed by atoms with Crippen LogP contribution in [0.3, 0.4) is 0 Å². The highest BCUT2D eigenvalue weighted by Crippen LogP contribution is 2.14. The van der Waals surface area contributed by atoms with Crippen molar-refractivity contribution in [2.24, 2.45) is 0 Å². The summed E-state index contributed by atoms with van der Waals surface area (Å²) in [7, 11) is 0. The molecule has 0 spiro atoms. The third kappa shape index (κ3) is 65.3. The van der Waals surface area contributed by atoms with Crippen molar-refractivity contribution in [2.45, 2.75) is 264 Å². The predicted molar refractivity (Wildman–Crippen MR) is 357 cm³/mol. The summed E-state index contributed by atoms with van der Waals surface area (Å²) in [4.78, 5) is 38.1. The number of unbranched alkanes of at least 4 members (excludes halogenated alkanes) is 16. The van der Waals surface area contributed by atoms with E-state index in [1.54, 1.807) is 0 Å². The van der Waals surface area contributed by atoms with Crippen molar-refractivity contribution in [3.05, 3.63) is 182 Å². The summed E-state index contributed by atoms with van der Waals surface area (Å²) in [5.74, 6) is -0.958. The third-order valence-corrected chi connectivity index (χ3v) is 13.2. The summed E-state index contributed by atoms with van der Waals surface area (Å²) in [6.07, 6.45) is 102. The SMILES string of the molecule is CC/C=C\C/C=C\C/C=C\C/C=C\C/C=C\C/C=C\C/C=C\C/C=C\C/C=C\C/C=C\CCCCCCC(=O)OCC(COC(=O)CCCCCCCCCC)OC(=O)CCCCCCC/C=C\C/C=C\C/C=C\C/C=C\C/C=C\CC. The van der Waals surface area contributed by atoms with E-state index >= 15 is 0 Å². The maximum atomic E-state index is 12.9. The zero-order valence-corrected chi connectivity index (χ0v) is 52.4. The van der Waals surface area contributed by atoms with Gasteiger partial charge in [-0.15, -0.1) is 0 Å². The van der Waals surface area contributed by atoms with Crippen LogP contribution in [-0.2, 0) is 28.6 Å². The second-order valence-electron chi connectivity index (χ2n) is 20.9. The van der Waals surface area contributed by atoms with Crippen molar-refractivity contribution in [1.82, 2.24) is 0 Å². The van der Waals surface area contributed by atoms with Crippen molar-refractivity contribution < 1.29 is 28.6 Å². The number of carbonyl (C=O) groups is 3. The average molecular weight is 1130 g/mol. The fourth-order valence-electron chi connectivity index (χ4n) is 8.32. The Kier molecular flexibility index (Phi) is 63.5. The van der Waals surface area contributed by atoms with Crippen molar-refractivity contribution >= 4 is 17.9 Å². The van der Waals surface area contributed by atoms with Gasteiger partial charge in [-0.25, -0.2) is 0 Å². The highest BCUT2D eigenvalue weighted by molar-refractivity contribution is 5.71. The van der Waals surface area contributed by atoms with E-state index in [0.29, 0.717) is 19.3 Å². The second-order valence-corrected chi connectivity index (χ2v) is 20.9. The summed E-state index contributed by atoms with van der Waals surface area (Å²) in [6.45, 7) is 6.33. The van der Waals surface area contributed by atoms with E-state index in [4.69, 9.17) is 14.2 Å². The summed E-state index contributed by atoms with van der Waals surface area (Å²) >= 11 is 0. The molecular weight excluding hydrogens is 1010 g/mol. The smallest absolute Gasteiger partial charge is 0.306 e. The van der Waals surface area contributed by atoms with Crippen LogP contribution in [0.15, 0.2) is 182 Å². The van der Waals surface area contributed by atoms with Gasteiger partial charge in [0.05, 0.1) is 0 Å². The number of hydrogen-bond acceptors (Lipinski definition) is 6. The molecule has 1 atom stereocenters. The lowest BCUT2D eigenvalue weighted by Gasteiger charge is -2.18. The number of carbonyl (C=O) groups excluding carboxylic acids is 3. The van der Waals surface area contributed by atoms with Gasteiger partial charge < -0.3 is 14.2 Å². The normalized spacial score (nSPS) is 13.4. The first-order valence-electron chi connectivity index (χ1n) is 32.8. The second kappa shape index (κ2) is 68.0. The van der Waals surface area contributed by atoms with Gasteiger partial charge >= 0.3 is 17.9 Å². The minimum Gasteiger partial charge on any atom is -0.462 e. The fourth-order valence-corrected chi connectivity index (χ4v) is 8.32. The van der Waals surface area contributed by atoms with E-state index in [0.717, 1.165) is 186 Å². The van der Waals surface area contributed by atoms with Crippen LogP contribution in [0.25, 0.3) is 0 Å². The van der Waals surface area contributed by atoms with Crippen LogP contribution in [0.1, 0.15) is 258 Å². The fraction of sp³-hybridized carbons (Fsp3) is 0.566. The van der Waals surface area contributed by atoms with Crippen LogP contribution in [0.5, 0.6) is 0 Å². The maximum Gasteiger partial charge on any atom is 0.306 e. The van der Waals surface area contributed by atoms with Gasteiger partial charge in [-0.05, 0) is 141 Å².